The van der Waals surface area contributed by atoms with Crippen LogP contribution in [0.4, 0.5) is 0 Å². The minimum Gasteiger partial charge on any atom is -0.496 e. The third-order valence-electron chi connectivity index (χ3n) is 5.07. The Kier molecular flexibility index (Phi) is 4.84. The lowest BCUT2D eigenvalue weighted by molar-refractivity contribution is -0.139. The van der Waals surface area contributed by atoms with E-state index in [1.54, 1.807) is 19.5 Å². The predicted molar refractivity (Wildman–Crippen MR) is 94.1 cm³/mol. The van der Waals surface area contributed by atoms with Gasteiger partial charge in [0.2, 0.25) is 5.91 Å². The second-order valence-electron chi connectivity index (χ2n) is 6.47. The molecular formula is C20H24N2O2. The standard InChI is InChI=1S/C20H24N2O2/c1-22(15-10-16-8-13-21-14-9-16)19(23)20(11-5-12-20)17-6-3-4-7-18(17)24-2/h3-4,6-9,13-14H,5,10-12,15H2,1-2H3. The predicted octanol–water partition coefficient (Wildman–Crippen LogP) is 3.21. The zero-order valence-corrected chi connectivity index (χ0v) is 14.4. The van der Waals surface area contributed by atoms with E-state index < -0.39 is 5.41 Å². The number of likely N-dealkylation sites (N-methyl/N-ethyl adjacent to an activating group) is 1. The van der Waals surface area contributed by atoms with Crippen LogP contribution in [0.2, 0.25) is 0 Å². The van der Waals surface area contributed by atoms with E-state index in [0.717, 1.165) is 37.0 Å². The number of aromatic nitrogens is 1. The van der Waals surface area contributed by atoms with Crippen LogP contribution in [0.5, 0.6) is 5.75 Å². The molecule has 126 valence electrons. The molecule has 1 amide bonds. The second-order valence-corrected chi connectivity index (χ2v) is 6.47. The van der Waals surface area contributed by atoms with Gasteiger partial charge in [-0.05, 0) is 43.0 Å². The molecule has 0 bridgehead atoms. The molecule has 0 N–H and O–H groups in total. The summed E-state index contributed by atoms with van der Waals surface area (Å²) in [4.78, 5) is 19.1. The van der Waals surface area contributed by atoms with E-state index in [2.05, 4.69) is 4.98 Å². The number of benzene rings is 1. The van der Waals surface area contributed by atoms with E-state index in [-0.39, 0.29) is 5.91 Å². The fourth-order valence-corrected chi connectivity index (χ4v) is 3.48. The number of rotatable bonds is 6. The summed E-state index contributed by atoms with van der Waals surface area (Å²) < 4.78 is 5.51. The number of hydrogen-bond donors (Lipinski definition) is 0. The molecule has 2 aromatic rings. The average molecular weight is 324 g/mol. The lowest BCUT2D eigenvalue weighted by atomic mass is 9.63. The minimum absolute atomic E-state index is 0.201. The Morgan fingerprint density at radius 1 is 1.21 bits per heavy atom. The van der Waals surface area contributed by atoms with Crippen molar-refractivity contribution in [3.05, 3.63) is 59.9 Å². The maximum absolute atomic E-state index is 13.2. The molecule has 3 rings (SSSR count). The normalized spacial score (nSPS) is 15.4. The van der Waals surface area contributed by atoms with Crippen molar-refractivity contribution in [2.24, 2.45) is 0 Å². The topological polar surface area (TPSA) is 42.4 Å². The molecule has 4 nitrogen and oxygen atoms in total. The number of amides is 1. The lowest BCUT2D eigenvalue weighted by Gasteiger charge is -2.43. The highest BCUT2D eigenvalue weighted by Gasteiger charge is 2.48. The van der Waals surface area contributed by atoms with Crippen LogP contribution >= 0.6 is 0 Å². The highest BCUT2D eigenvalue weighted by Crippen LogP contribution is 2.48. The molecule has 0 radical (unpaired) electrons. The third-order valence-corrected chi connectivity index (χ3v) is 5.07. The van der Waals surface area contributed by atoms with Crippen LogP contribution in [-0.2, 0) is 16.6 Å². The molecule has 24 heavy (non-hydrogen) atoms. The Labute approximate surface area is 143 Å². The second kappa shape index (κ2) is 7.04. The summed E-state index contributed by atoms with van der Waals surface area (Å²) in [5.41, 5.74) is 1.81. The number of carbonyl (C=O) groups excluding carboxylic acids is 1. The number of hydrogen-bond acceptors (Lipinski definition) is 3. The van der Waals surface area contributed by atoms with Gasteiger partial charge in [-0.15, -0.1) is 0 Å². The largest absolute Gasteiger partial charge is 0.496 e. The summed E-state index contributed by atoms with van der Waals surface area (Å²) >= 11 is 0. The van der Waals surface area contributed by atoms with Crippen LogP contribution in [0.1, 0.15) is 30.4 Å². The molecule has 1 saturated carbocycles. The van der Waals surface area contributed by atoms with Crippen molar-refractivity contribution < 1.29 is 9.53 Å². The third kappa shape index (κ3) is 3.01. The summed E-state index contributed by atoms with van der Waals surface area (Å²) in [6.07, 6.45) is 7.30. The number of carbonyl (C=O) groups is 1. The maximum atomic E-state index is 13.2. The molecule has 0 saturated heterocycles. The number of ether oxygens (including phenoxy) is 1. The molecule has 0 atom stereocenters. The zero-order valence-electron chi connectivity index (χ0n) is 14.4. The van der Waals surface area contributed by atoms with Gasteiger partial charge in [0, 0.05) is 31.5 Å². The molecule has 1 aromatic carbocycles. The Hall–Kier alpha value is -2.36. The van der Waals surface area contributed by atoms with Gasteiger partial charge in [-0.2, -0.15) is 0 Å². The van der Waals surface area contributed by atoms with Gasteiger partial charge in [-0.25, -0.2) is 0 Å². The van der Waals surface area contributed by atoms with Gasteiger partial charge in [0.15, 0.2) is 0 Å². The first-order valence-corrected chi connectivity index (χ1v) is 8.45. The average Bonchev–Trinajstić information content (AvgIpc) is 2.60. The van der Waals surface area contributed by atoms with E-state index in [1.165, 1.54) is 5.56 Å². The van der Waals surface area contributed by atoms with Crippen LogP contribution in [0.15, 0.2) is 48.8 Å². The SMILES string of the molecule is COc1ccccc1C1(C(=O)N(C)CCc2ccncc2)CCC1. The molecule has 1 aromatic heterocycles. The van der Waals surface area contributed by atoms with Crippen LogP contribution in [-0.4, -0.2) is 36.5 Å². The van der Waals surface area contributed by atoms with E-state index in [1.807, 2.05) is 48.3 Å². The van der Waals surface area contributed by atoms with Crippen LogP contribution < -0.4 is 4.74 Å². The molecule has 0 spiro atoms. The van der Waals surface area contributed by atoms with Gasteiger partial charge < -0.3 is 9.64 Å². The van der Waals surface area contributed by atoms with Gasteiger partial charge >= 0.3 is 0 Å². The molecule has 4 heteroatoms. The molecule has 1 heterocycles. The van der Waals surface area contributed by atoms with E-state index in [0.29, 0.717) is 6.54 Å². The summed E-state index contributed by atoms with van der Waals surface area (Å²) in [7, 11) is 3.57. The van der Waals surface area contributed by atoms with E-state index in [4.69, 9.17) is 4.74 Å². The first kappa shape index (κ1) is 16.5. The van der Waals surface area contributed by atoms with Crippen molar-refractivity contribution in [2.75, 3.05) is 20.7 Å². The quantitative estimate of drug-likeness (QED) is 0.819. The van der Waals surface area contributed by atoms with Gasteiger partial charge in [-0.1, -0.05) is 24.6 Å². The van der Waals surface area contributed by atoms with Crippen molar-refractivity contribution in [1.82, 2.24) is 9.88 Å². The van der Waals surface area contributed by atoms with Crippen molar-refractivity contribution in [3.63, 3.8) is 0 Å². The number of para-hydroxylation sites is 1. The summed E-state index contributed by atoms with van der Waals surface area (Å²) in [5, 5.41) is 0. The van der Waals surface area contributed by atoms with Crippen molar-refractivity contribution in [1.29, 1.82) is 0 Å². The van der Waals surface area contributed by atoms with Gasteiger partial charge in [0.25, 0.3) is 0 Å². The highest BCUT2D eigenvalue weighted by molar-refractivity contribution is 5.90. The van der Waals surface area contributed by atoms with Crippen molar-refractivity contribution in [3.8, 4) is 5.75 Å². The number of pyridine rings is 1. The Balaban J connectivity index is 1.76. The van der Waals surface area contributed by atoms with E-state index >= 15 is 0 Å². The summed E-state index contributed by atoms with van der Waals surface area (Å²) in [6.45, 7) is 0.708. The number of methoxy groups -OCH3 is 1. The first-order valence-electron chi connectivity index (χ1n) is 8.45. The molecule has 1 fully saturated rings. The molecule has 0 aliphatic heterocycles. The van der Waals surface area contributed by atoms with E-state index in [9.17, 15) is 4.79 Å². The Morgan fingerprint density at radius 3 is 2.54 bits per heavy atom. The molecule has 0 unspecified atom stereocenters. The summed E-state index contributed by atoms with van der Waals surface area (Å²) in [6, 6.07) is 11.9. The van der Waals surface area contributed by atoms with Gasteiger partial charge in [-0.3, -0.25) is 9.78 Å². The fourth-order valence-electron chi connectivity index (χ4n) is 3.48. The molecular weight excluding hydrogens is 300 g/mol. The zero-order chi connectivity index (χ0) is 17.0. The highest BCUT2D eigenvalue weighted by atomic mass is 16.5. The van der Waals surface area contributed by atoms with Crippen molar-refractivity contribution in [2.45, 2.75) is 31.1 Å². The number of nitrogens with zero attached hydrogens (tertiary/aromatic N) is 2. The molecule has 1 aliphatic rings. The monoisotopic (exact) mass is 324 g/mol. The molecule has 1 aliphatic carbocycles. The van der Waals surface area contributed by atoms with Gasteiger partial charge in [0.1, 0.15) is 5.75 Å². The van der Waals surface area contributed by atoms with Crippen LogP contribution in [0.25, 0.3) is 0 Å². The van der Waals surface area contributed by atoms with Crippen molar-refractivity contribution >= 4 is 5.91 Å². The summed E-state index contributed by atoms with van der Waals surface area (Å²) in [5.74, 6) is 1.01. The lowest BCUT2D eigenvalue weighted by Crippen LogP contribution is -2.50. The minimum atomic E-state index is -0.417. The maximum Gasteiger partial charge on any atom is 0.233 e. The smallest absolute Gasteiger partial charge is 0.233 e. The first-order chi connectivity index (χ1) is 11.7. The van der Waals surface area contributed by atoms with Crippen LogP contribution in [0.3, 0.4) is 0 Å². The Morgan fingerprint density at radius 2 is 1.92 bits per heavy atom. The van der Waals surface area contributed by atoms with Gasteiger partial charge in [0.05, 0.1) is 12.5 Å². The fraction of sp³-hybridized carbons (Fsp3) is 0.400. The Bertz CT molecular complexity index is 696. The van der Waals surface area contributed by atoms with Crippen LogP contribution in [0, 0.1) is 0 Å².